The summed E-state index contributed by atoms with van der Waals surface area (Å²) in [6, 6.07) is 10.1. The summed E-state index contributed by atoms with van der Waals surface area (Å²) in [5.41, 5.74) is 7.17. The third-order valence-corrected chi connectivity index (χ3v) is 4.33. The summed E-state index contributed by atoms with van der Waals surface area (Å²) in [6.45, 7) is 4.61. The lowest BCUT2D eigenvalue weighted by atomic mass is 9.94. The van der Waals surface area contributed by atoms with Crippen molar-refractivity contribution in [1.29, 1.82) is 0 Å². The minimum atomic E-state index is -0.0616. The Bertz CT molecular complexity index is 595. The molecule has 2 aromatic rings. The highest BCUT2D eigenvalue weighted by molar-refractivity contribution is 7.09. The lowest BCUT2D eigenvalue weighted by Crippen LogP contribution is -2.34. The molecule has 4 nitrogen and oxygen atoms in total. The zero-order valence-electron chi connectivity index (χ0n) is 12.6. The van der Waals surface area contributed by atoms with Crippen molar-refractivity contribution < 1.29 is 4.79 Å². The number of nitrogens with two attached hydrogens (primary N) is 1. The summed E-state index contributed by atoms with van der Waals surface area (Å²) in [5.74, 6) is 0.252. The number of nitrogens with zero attached hydrogens (tertiary/aromatic N) is 2. The van der Waals surface area contributed by atoms with Crippen LogP contribution in [0.5, 0.6) is 0 Å². The fourth-order valence-electron chi connectivity index (χ4n) is 2.52. The van der Waals surface area contributed by atoms with Crippen LogP contribution in [0.15, 0.2) is 35.7 Å². The van der Waals surface area contributed by atoms with Gasteiger partial charge in [0.15, 0.2) is 0 Å². The Morgan fingerprint density at radius 3 is 2.52 bits per heavy atom. The van der Waals surface area contributed by atoms with Crippen molar-refractivity contribution >= 4 is 17.2 Å². The lowest BCUT2D eigenvalue weighted by Gasteiger charge is -2.31. The van der Waals surface area contributed by atoms with Gasteiger partial charge < -0.3 is 10.6 Å². The summed E-state index contributed by atoms with van der Waals surface area (Å²) in [6.07, 6.45) is 0. The van der Waals surface area contributed by atoms with Crippen LogP contribution in [0.4, 0.5) is 0 Å². The van der Waals surface area contributed by atoms with Crippen LogP contribution in [-0.2, 0) is 6.54 Å². The van der Waals surface area contributed by atoms with E-state index in [-0.39, 0.29) is 11.9 Å². The van der Waals surface area contributed by atoms with Gasteiger partial charge in [-0.1, -0.05) is 44.2 Å². The average Bonchev–Trinajstić information content (AvgIpc) is 2.96. The fourth-order valence-corrected chi connectivity index (χ4v) is 3.16. The van der Waals surface area contributed by atoms with Crippen LogP contribution in [-0.4, -0.2) is 22.8 Å². The molecule has 1 amide bonds. The van der Waals surface area contributed by atoms with Gasteiger partial charge in [-0.05, 0) is 11.5 Å². The summed E-state index contributed by atoms with van der Waals surface area (Å²) in [4.78, 5) is 18.7. The second-order valence-corrected chi connectivity index (χ2v) is 6.29. The number of rotatable bonds is 5. The Morgan fingerprint density at radius 1 is 1.33 bits per heavy atom. The molecule has 0 spiro atoms. The maximum absolute atomic E-state index is 12.6. The van der Waals surface area contributed by atoms with Crippen LogP contribution in [0, 0.1) is 5.92 Å². The van der Waals surface area contributed by atoms with Gasteiger partial charge in [-0.2, -0.15) is 0 Å². The Hall–Kier alpha value is -1.72. The molecule has 1 aromatic heterocycles. The maximum Gasteiger partial charge on any atom is 0.273 e. The number of hydrogen-bond acceptors (Lipinski definition) is 4. The Kier molecular flexibility index (Phi) is 5.09. The molecule has 0 aliphatic rings. The number of aromatic nitrogens is 1. The molecule has 2 N–H and O–H groups in total. The number of carbonyl (C=O) groups excluding carboxylic acids is 1. The number of amides is 1. The standard InChI is InChI=1S/C16H21N3OS/c1-11(2)15(12-7-5-4-6-8-12)19(3)16(20)13-10-21-14(9-17)18-13/h4-8,10-11,15H,9,17H2,1-3H3. The van der Waals surface area contributed by atoms with E-state index in [9.17, 15) is 4.79 Å². The van der Waals surface area contributed by atoms with Gasteiger partial charge >= 0.3 is 0 Å². The molecule has 0 aliphatic carbocycles. The van der Waals surface area contributed by atoms with E-state index in [1.165, 1.54) is 11.3 Å². The third-order valence-electron chi connectivity index (χ3n) is 3.46. The molecule has 1 atom stereocenters. The number of thiazole rings is 1. The van der Waals surface area contributed by atoms with Gasteiger partial charge in [-0.15, -0.1) is 11.3 Å². The van der Waals surface area contributed by atoms with Crippen LogP contribution in [0.2, 0.25) is 0 Å². The molecule has 0 aliphatic heterocycles. The molecule has 2 rings (SSSR count). The van der Waals surface area contributed by atoms with Crippen molar-refractivity contribution in [2.45, 2.75) is 26.4 Å². The second-order valence-electron chi connectivity index (χ2n) is 5.35. The number of carbonyl (C=O) groups is 1. The van der Waals surface area contributed by atoms with Gasteiger partial charge in [-0.25, -0.2) is 4.98 Å². The van der Waals surface area contributed by atoms with E-state index in [4.69, 9.17) is 5.73 Å². The zero-order chi connectivity index (χ0) is 15.4. The normalized spacial score (nSPS) is 12.4. The highest BCUT2D eigenvalue weighted by Gasteiger charge is 2.26. The highest BCUT2D eigenvalue weighted by atomic mass is 32.1. The van der Waals surface area contributed by atoms with E-state index < -0.39 is 0 Å². The van der Waals surface area contributed by atoms with Crippen molar-refractivity contribution in [1.82, 2.24) is 9.88 Å². The fraction of sp³-hybridized carbons (Fsp3) is 0.375. The topological polar surface area (TPSA) is 59.2 Å². The Labute approximate surface area is 129 Å². The Morgan fingerprint density at radius 2 is 2.00 bits per heavy atom. The SMILES string of the molecule is CC(C)C(c1ccccc1)N(C)C(=O)c1csc(CN)n1. The van der Waals surface area contributed by atoms with Crippen molar-refractivity contribution in [3.8, 4) is 0 Å². The number of hydrogen-bond donors (Lipinski definition) is 1. The van der Waals surface area contributed by atoms with Gasteiger partial charge in [0.1, 0.15) is 10.7 Å². The first kappa shape index (κ1) is 15.7. The first-order chi connectivity index (χ1) is 10.0. The first-order valence-corrected chi connectivity index (χ1v) is 7.89. The van der Waals surface area contributed by atoms with Crippen LogP contribution in [0.3, 0.4) is 0 Å². The van der Waals surface area contributed by atoms with Gasteiger partial charge in [0.2, 0.25) is 0 Å². The smallest absolute Gasteiger partial charge is 0.273 e. The highest BCUT2D eigenvalue weighted by Crippen LogP contribution is 2.28. The minimum Gasteiger partial charge on any atom is -0.333 e. The quantitative estimate of drug-likeness (QED) is 0.923. The van der Waals surface area contributed by atoms with E-state index >= 15 is 0 Å². The van der Waals surface area contributed by atoms with Crippen LogP contribution >= 0.6 is 11.3 Å². The van der Waals surface area contributed by atoms with Crippen LogP contribution in [0.1, 0.15) is 40.9 Å². The van der Waals surface area contributed by atoms with Gasteiger partial charge in [-0.3, -0.25) is 4.79 Å². The summed E-state index contributed by atoms with van der Waals surface area (Å²) < 4.78 is 0. The molecule has 0 saturated heterocycles. The summed E-state index contributed by atoms with van der Waals surface area (Å²) in [7, 11) is 1.83. The molecule has 0 fully saturated rings. The lowest BCUT2D eigenvalue weighted by molar-refractivity contribution is 0.0682. The molecule has 1 aromatic carbocycles. The number of benzene rings is 1. The predicted molar refractivity (Wildman–Crippen MR) is 86.1 cm³/mol. The first-order valence-electron chi connectivity index (χ1n) is 7.01. The van der Waals surface area contributed by atoms with Crippen molar-refractivity contribution in [3.63, 3.8) is 0 Å². The molecule has 21 heavy (non-hydrogen) atoms. The van der Waals surface area contributed by atoms with Gasteiger partial charge in [0.05, 0.1) is 6.04 Å². The van der Waals surface area contributed by atoms with E-state index in [2.05, 4.69) is 31.0 Å². The van der Waals surface area contributed by atoms with Crippen LogP contribution in [0.25, 0.3) is 0 Å². The minimum absolute atomic E-state index is 0.0294. The molecule has 0 saturated carbocycles. The van der Waals surface area contributed by atoms with E-state index in [0.29, 0.717) is 18.2 Å². The van der Waals surface area contributed by atoms with Gasteiger partial charge in [0.25, 0.3) is 5.91 Å². The molecule has 0 bridgehead atoms. The average molecular weight is 303 g/mol. The predicted octanol–water partition coefficient (Wildman–Crippen LogP) is 3.07. The Balaban J connectivity index is 2.26. The van der Waals surface area contributed by atoms with Gasteiger partial charge in [0, 0.05) is 19.0 Å². The van der Waals surface area contributed by atoms with E-state index in [0.717, 1.165) is 10.6 Å². The zero-order valence-corrected chi connectivity index (χ0v) is 13.4. The molecule has 1 heterocycles. The van der Waals surface area contributed by atoms with E-state index in [1.54, 1.807) is 10.3 Å². The molecule has 5 heteroatoms. The van der Waals surface area contributed by atoms with Crippen LogP contribution < -0.4 is 5.73 Å². The summed E-state index contributed by atoms with van der Waals surface area (Å²) >= 11 is 1.43. The van der Waals surface area contributed by atoms with Crippen molar-refractivity contribution in [3.05, 3.63) is 52.0 Å². The van der Waals surface area contributed by atoms with E-state index in [1.807, 2.05) is 25.2 Å². The maximum atomic E-state index is 12.6. The second kappa shape index (κ2) is 6.83. The molecular formula is C16H21N3OS. The molecule has 0 radical (unpaired) electrons. The monoisotopic (exact) mass is 303 g/mol. The van der Waals surface area contributed by atoms with Crippen molar-refractivity contribution in [2.24, 2.45) is 11.7 Å². The molecular weight excluding hydrogens is 282 g/mol. The van der Waals surface area contributed by atoms with Crippen molar-refractivity contribution in [2.75, 3.05) is 7.05 Å². The largest absolute Gasteiger partial charge is 0.333 e. The third kappa shape index (κ3) is 3.49. The molecule has 1 unspecified atom stereocenters. The summed E-state index contributed by atoms with van der Waals surface area (Å²) in [5, 5.41) is 2.57. The molecule has 112 valence electrons.